The van der Waals surface area contributed by atoms with Crippen molar-refractivity contribution in [2.24, 2.45) is 0 Å². The van der Waals surface area contributed by atoms with Gasteiger partial charge in [-0.1, -0.05) is 12.1 Å². The summed E-state index contributed by atoms with van der Waals surface area (Å²) in [5, 5.41) is 17.8. The van der Waals surface area contributed by atoms with E-state index in [1.54, 1.807) is 0 Å². The molecule has 0 spiro atoms. The van der Waals surface area contributed by atoms with Crippen LogP contribution in [-0.2, 0) is 4.74 Å². The van der Waals surface area contributed by atoms with Gasteiger partial charge < -0.3 is 15.4 Å². The van der Waals surface area contributed by atoms with Crippen molar-refractivity contribution in [2.45, 2.75) is 13.8 Å². The smallest absolute Gasteiger partial charge is 0.353 e. The van der Waals surface area contributed by atoms with Crippen LogP contribution in [0.2, 0.25) is 0 Å². The maximum atomic E-state index is 11.7. The van der Waals surface area contributed by atoms with E-state index in [1.165, 1.54) is 6.33 Å². The molecule has 0 unspecified atom stereocenters. The topological polar surface area (TPSA) is 105 Å². The highest BCUT2D eigenvalue weighted by molar-refractivity contribution is 5.75. The molecule has 144 valence electrons. The van der Waals surface area contributed by atoms with Gasteiger partial charge in [-0.25, -0.2) is 9.97 Å². The van der Waals surface area contributed by atoms with Crippen LogP contribution in [0.4, 0.5) is 23.0 Å². The minimum absolute atomic E-state index is 0.152. The molecule has 9 nitrogen and oxygen atoms in total. The molecule has 1 aromatic carbocycles. The summed E-state index contributed by atoms with van der Waals surface area (Å²) in [6.07, 6.45) is 1.33. The van der Waals surface area contributed by atoms with Crippen molar-refractivity contribution in [3.63, 3.8) is 0 Å². The molecule has 0 saturated carbocycles. The molecule has 0 amide bonds. The van der Waals surface area contributed by atoms with Gasteiger partial charge in [-0.15, -0.1) is 0 Å². The number of hydrogen-bond acceptors (Lipinski definition) is 8. The molecule has 3 rings (SSSR count). The molecular weight excluding hydrogens is 348 g/mol. The van der Waals surface area contributed by atoms with E-state index in [4.69, 9.17) is 4.74 Å². The van der Waals surface area contributed by atoms with Crippen molar-refractivity contribution in [3.05, 3.63) is 45.8 Å². The Bertz CT molecular complexity index is 808. The maximum Gasteiger partial charge on any atom is 0.353 e. The highest BCUT2D eigenvalue weighted by Crippen LogP contribution is 2.32. The van der Waals surface area contributed by atoms with Crippen LogP contribution in [0, 0.1) is 24.0 Å². The molecule has 1 saturated heterocycles. The molecule has 1 aromatic heterocycles. The van der Waals surface area contributed by atoms with Gasteiger partial charge in [-0.2, -0.15) is 0 Å². The SMILES string of the molecule is Cc1cccc(Nc2ncnc(NCCN3CCOCC3)c2[N+](=O)[O-])c1C. The zero-order chi connectivity index (χ0) is 19.2. The predicted octanol–water partition coefficient (Wildman–Crippen LogP) is 2.49. The van der Waals surface area contributed by atoms with Gasteiger partial charge in [0, 0.05) is 31.9 Å². The molecular formula is C18H24N6O3. The monoisotopic (exact) mass is 372 g/mol. The second kappa shape index (κ2) is 8.74. The zero-order valence-corrected chi connectivity index (χ0v) is 15.6. The first-order chi connectivity index (χ1) is 13.1. The molecule has 0 radical (unpaired) electrons. The average Bonchev–Trinajstić information content (AvgIpc) is 2.66. The lowest BCUT2D eigenvalue weighted by Gasteiger charge is -2.26. The number of rotatable bonds is 7. The van der Waals surface area contributed by atoms with E-state index in [2.05, 4.69) is 25.5 Å². The number of benzene rings is 1. The molecule has 2 heterocycles. The van der Waals surface area contributed by atoms with Crippen LogP contribution in [-0.4, -0.2) is 59.2 Å². The van der Waals surface area contributed by atoms with Crippen LogP contribution >= 0.6 is 0 Å². The van der Waals surface area contributed by atoms with Crippen LogP contribution in [0.15, 0.2) is 24.5 Å². The number of morpholine rings is 1. The average molecular weight is 372 g/mol. The summed E-state index contributed by atoms with van der Waals surface area (Å²) in [5.74, 6) is 0.397. The fourth-order valence-corrected chi connectivity index (χ4v) is 2.94. The van der Waals surface area contributed by atoms with E-state index >= 15 is 0 Å². The molecule has 1 aliphatic heterocycles. The summed E-state index contributed by atoms with van der Waals surface area (Å²) < 4.78 is 5.32. The van der Waals surface area contributed by atoms with Crippen LogP contribution in [0.5, 0.6) is 0 Å². The normalized spacial score (nSPS) is 14.7. The number of aromatic nitrogens is 2. The third-order valence-corrected chi connectivity index (χ3v) is 4.69. The number of anilines is 3. The summed E-state index contributed by atoms with van der Waals surface area (Å²) in [7, 11) is 0. The minimum Gasteiger partial charge on any atom is -0.379 e. The third-order valence-electron chi connectivity index (χ3n) is 4.69. The Kier molecular flexibility index (Phi) is 6.15. The Morgan fingerprint density at radius 3 is 2.70 bits per heavy atom. The second-order valence-electron chi connectivity index (χ2n) is 6.43. The largest absolute Gasteiger partial charge is 0.379 e. The fraction of sp³-hybridized carbons (Fsp3) is 0.444. The fourth-order valence-electron chi connectivity index (χ4n) is 2.94. The number of nitrogens with one attached hydrogen (secondary N) is 2. The van der Waals surface area contributed by atoms with E-state index in [0.717, 1.165) is 49.7 Å². The van der Waals surface area contributed by atoms with Crippen LogP contribution in [0.3, 0.4) is 0 Å². The van der Waals surface area contributed by atoms with Crippen molar-refractivity contribution in [2.75, 3.05) is 50.0 Å². The van der Waals surface area contributed by atoms with E-state index < -0.39 is 4.92 Å². The summed E-state index contributed by atoms with van der Waals surface area (Å²) in [4.78, 5) is 21.6. The number of aryl methyl sites for hydroxylation is 1. The highest BCUT2D eigenvalue weighted by Gasteiger charge is 2.23. The van der Waals surface area contributed by atoms with E-state index in [1.807, 2.05) is 32.0 Å². The van der Waals surface area contributed by atoms with Gasteiger partial charge in [-0.3, -0.25) is 15.0 Å². The number of ether oxygens (including phenoxy) is 1. The molecule has 27 heavy (non-hydrogen) atoms. The van der Waals surface area contributed by atoms with Crippen LogP contribution in [0.25, 0.3) is 0 Å². The molecule has 0 aliphatic carbocycles. The zero-order valence-electron chi connectivity index (χ0n) is 15.6. The highest BCUT2D eigenvalue weighted by atomic mass is 16.6. The molecule has 1 fully saturated rings. The van der Waals surface area contributed by atoms with Gasteiger partial charge in [0.15, 0.2) is 0 Å². The molecule has 9 heteroatoms. The Hall–Kier alpha value is -2.78. The quantitative estimate of drug-likeness (QED) is 0.564. The Balaban J connectivity index is 1.75. The van der Waals surface area contributed by atoms with E-state index in [-0.39, 0.29) is 17.3 Å². The predicted molar refractivity (Wildman–Crippen MR) is 104 cm³/mol. The number of hydrogen-bond donors (Lipinski definition) is 2. The number of nitro groups is 1. The molecule has 0 atom stereocenters. The Morgan fingerprint density at radius 2 is 1.96 bits per heavy atom. The van der Waals surface area contributed by atoms with Gasteiger partial charge in [0.25, 0.3) is 0 Å². The van der Waals surface area contributed by atoms with Crippen molar-refractivity contribution < 1.29 is 9.66 Å². The molecule has 2 aromatic rings. The van der Waals surface area contributed by atoms with Gasteiger partial charge >= 0.3 is 5.69 Å². The van der Waals surface area contributed by atoms with Crippen molar-refractivity contribution in [3.8, 4) is 0 Å². The minimum atomic E-state index is -0.454. The third kappa shape index (κ3) is 4.69. The summed E-state index contributed by atoms with van der Waals surface area (Å²) in [6, 6.07) is 5.77. The van der Waals surface area contributed by atoms with E-state index in [9.17, 15) is 10.1 Å². The van der Waals surface area contributed by atoms with Crippen LogP contribution in [0.1, 0.15) is 11.1 Å². The Morgan fingerprint density at radius 1 is 1.22 bits per heavy atom. The Labute approximate surface area is 157 Å². The lowest BCUT2D eigenvalue weighted by Crippen LogP contribution is -2.39. The first-order valence-corrected chi connectivity index (χ1v) is 8.93. The molecule has 2 N–H and O–H groups in total. The summed E-state index contributed by atoms with van der Waals surface area (Å²) in [6.45, 7) is 8.46. The van der Waals surface area contributed by atoms with Gasteiger partial charge in [-0.05, 0) is 31.0 Å². The van der Waals surface area contributed by atoms with Crippen molar-refractivity contribution in [1.29, 1.82) is 0 Å². The lowest BCUT2D eigenvalue weighted by molar-refractivity contribution is -0.383. The summed E-state index contributed by atoms with van der Waals surface area (Å²) >= 11 is 0. The van der Waals surface area contributed by atoms with Crippen molar-refractivity contribution >= 4 is 23.0 Å². The molecule has 0 bridgehead atoms. The van der Waals surface area contributed by atoms with Gasteiger partial charge in [0.05, 0.1) is 18.1 Å². The number of nitrogens with zero attached hydrogens (tertiary/aromatic N) is 4. The first-order valence-electron chi connectivity index (χ1n) is 8.93. The summed E-state index contributed by atoms with van der Waals surface area (Å²) in [5.41, 5.74) is 2.75. The maximum absolute atomic E-state index is 11.7. The standard InChI is InChI=1S/C18H24N6O3/c1-13-4-3-5-15(14(13)2)22-18-16(24(25)26)17(20-12-21-18)19-6-7-23-8-10-27-11-9-23/h3-5,12H,6-11H2,1-2H3,(H2,19,20,21,22). The lowest BCUT2D eigenvalue weighted by atomic mass is 10.1. The van der Waals surface area contributed by atoms with Crippen LogP contribution < -0.4 is 10.6 Å². The van der Waals surface area contributed by atoms with Gasteiger partial charge in [0.1, 0.15) is 6.33 Å². The van der Waals surface area contributed by atoms with Crippen molar-refractivity contribution in [1.82, 2.24) is 14.9 Å². The first kappa shape index (κ1) is 19.0. The second-order valence-corrected chi connectivity index (χ2v) is 6.43. The van der Waals surface area contributed by atoms with Gasteiger partial charge in [0.2, 0.25) is 11.6 Å². The van der Waals surface area contributed by atoms with E-state index in [0.29, 0.717) is 6.54 Å². The molecule has 1 aliphatic rings.